The van der Waals surface area contributed by atoms with Crippen molar-refractivity contribution in [1.29, 1.82) is 0 Å². The average Bonchev–Trinajstić information content (AvgIpc) is 3.70. The van der Waals surface area contributed by atoms with E-state index < -0.39 is 6.41 Å². The standard InChI is InChI=1S/C16H23NO2.C12H15N3O2S/c18-15-13-11-6-7-12(8-11)14(13)16(19)17(15)9-10-4-2-1-3-5-10;16-12(17)15-7-5-14(6-8-15)11-9-3-1-2-4-10(9)18-13-11/h10-14H,1-9H2;1-4,12,16-17H,5-8H2/t11-,12?,13?,14?;/m1./s1. The molecule has 3 heterocycles. The Hall–Kier alpha value is -2.07. The molecule has 3 saturated carbocycles. The number of carbonyl (C=O) groups is 2. The minimum Gasteiger partial charge on any atom is -0.356 e. The second kappa shape index (κ2) is 10.6. The summed E-state index contributed by atoms with van der Waals surface area (Å²) in [5.41, 5.74) is 0. The van der Waals surface area contributed by atoms with E-state index in [-0.39, 0.29) is 23.7 Å². The van der Waals surface area contributed by atoms with Crippen LogP contribution in [-0.4, -0.2) is 75.3 Å². The summed E-state index contributed by atoms with van der Waals surface area (Å²) in [7, 11) is 0. The lowest BCUT2D eigenvalue weighted by Gasteiger charge is -2.35. The Bertz CT molecular complexity index is 1100. The molecule has 3 aliphatic carbocycles. The Morgan fingerprint density at radius 2 is 1.54 bits per heavy atom. The van der Waals surface area contributed by atoms with E-state index in [9.17, 15) is 9.59 Å². The first-order valence-electron chi connectivity index (χ1n) is 14.1. The molecule has 2 aromatic rings. The molecule has 2 amide bonds. The molecule has 200 valence electrons. The number of anilines is 1. The van der Waals surface area contributed by atoms with E-state index in [1.165, 1.54) is 66.6 Å². The average molecular weight is 527 g/mol. The number of hydrogen-bond donors (Lipinski definition) is 2. The molecule has 5 aliphatic rings. The van der Waals surface area contributed by atoms with Crippen LogP contribution in [0.25, 0.3) is 10.1 Å². The van der Waals surface area contributed by atoms with E-state index in [1.54, 1.807) is 9.80 Å². The van der Waals surface area contributed by atoms with Crippen LogP contribution < -0.4 is 4.90 Å². The van der Waals surface area contributed by atoms with E-state index in [1.807, 2.05) is 12.1 Å². The molecule has 2 aliphatic heterocycles. The Morgan fingerprint density at radius 3 is 2.19 bits per heavy atom. The van der Waals surface area contributed by atoms with Crippen molar-refractivity contribution in [2.75, 3.05) is 37.6 Å². The van der Waals surface area contributed by atoms with Gasteiger partial charge in [-0.05, 0) is 73.5 Å². The normalized spacial score (nSPS) is 30.4. The van der Waals surface area contributed by atoms with E-state index in [4.69, 9.17) is 10.2 Å². The number of hydrogen-bond acceptors (Lipinski definition) is 8. The number of likely N-dealkylation sites (tertiary alicyclic amines) is 1. The highest BCUT2D eigenvalue weighted by Crippen LogP contribution is 2.56. The van der Waals surface area contributed by atoms with Gasteiger partial charge in [-0.25, -0.2) is 0 Å². The molecule has 5 fully saturated rings. The second-order valence-corrected chi connectivity index (χ2v) is 12.4. The van der Waals surface area contributed by atoms with Crippen LogP contribution in [-0.2, 0) is 9.59 Å². The quantitative estimate of drug-likeness (QED) is 0.466. The van der Waals surface area contributed by atoms with Gasteiger partial charge in [-0.15, -0.1) is 0 Å². The molecule has 1 aromatic carbocycles. The van der Waals surface area contributed by atoms with Gasteiger partial charge in [0.25, 0.3) is 0 Å². The fourth-order valence-corrected chi connectivity index (χ4v) is 8.34. The van der Waals surface area contributed by atoms with Gasteiger partial charge in [0.15, 0.2) is 0 Å². The molecule has 8 nitrogen and oxygen atoms in total. The van der Waals surface area contributed by atoms with E-state index >= 15 is 0 Å². The number of piperazine rings is 1. The lowest BCUT2D eigenvalue weighted by Crippen LogP contribution is -2.50. The van der Waals surface area contributed by atoms with Crippen molar-refractivity contribution in [2.24, 2.45) is 29.6 Å². The summed E-state index contributed by atoms with van der Waals surface area (Å²) in [5, 5.41) is 19.4. The lowest BCUT2D eigenvalue weighted by atomic mass is 9.81. The molecule has 2 N–H and O–H groups in total. The zero-order chi connectivity index (χ0) is 25.5. The number of benzene rings is 1. The topological polar surface area (TPSA) is 97.2 Å². The maximum atomic E-state index is 12.6. The first kappa shape index (κ1) is 25.2. The summed E-state index contributed by atoms with van der Waals surface area (Å²) in [5.74, 6) is 3.19. The third kappa shape index (κ3) is 4.80. The van der Waals surface area contributed by atoms with Gasteiger partial charge in [0, 0.05) is 38.1 Å². The number of carbonyl (C=O) groups excluding carboxylic acids is 2. The number of fused-ring (bicyclic) bond motifs is 6. The lowest BCUT2D eigenvalue weighted by molar-refractivity contribution is -0.156. The molecule has 2 saturated heterocycles. The highest BCUT2D eigenvalue weighted by molar-refractivity contribution is 7.13. The van der Waals surface area contributed by atoms with Crippen LogP contribution in [0.4, 0.5) is 5.82 Å². The van der Waals surface area contributed by atoms with Crippen molar-refractivity contribution < 1.29 is 19.8 Å². The first-order valence-corrected chi connectivity index (χ1v) is 14.8. The molecule has 37 heavy (non-hydrogen) atoms. The second-order valence-electron chi connectivity index (χ2n) is 11.5. The van der Waals surface area contributed by atoms with Gasteiger partial charge in [0.05, 0.1) is 16.5 Å². The van der Waals surface area contributed by atoms with E-state index in [0.717, 1.165) is 31.9 Å². The molecule has 9 heteroatoms. The summed E-state index contributed by atoms with van der Waals surface area (Å²) < 4.78 is 5.70. The largest absolute Gasteiger partial charge is 0.356 e. The number of rotatable bonds is 4. The van der Waals surface area contributed by atoms with Crippen molar-refractivity contribution in [3.63, 3.8) is 0 Å². The zero-order valence-corrected chi connectivity index (χ0v) is 22.2. The van der Waals surface area contributed by atoms with Gasteiger partial charge in [-0.3, -0.25) is 19.4 Å². The summed E-state index contributed by atoms with van der Waals surface area (Å²) in [6.07, 6.45) is 8.46. The Morgan fingerprint density at radius 1 is 0.892 bits per heavy atom. The predicted molar refractivity (Wildman–Crippen MR) is 143 cm³/mol. The maximum absolute atomic E-state index is 12.6. The third-order valence-electron chi connectivity index (χ3n) is 9.48. The smallest absolute Gasteiger partial charge is 0.233 e. The van der Waals surface area contributed by atoms with Gasteiger partial charge in [0.2, 0.25) is 18.2 Å². The van der Waals surface area contributed by atoms with Crippen LogP contribution in [0, 0.1) is 29.6 Å². The van der Waals surface area contributed by atoms with E-state index in [0.29, 0.717) is 30.8 Å². The molecular weight excluding hydrogens is 488 g/mol. The Labute approximate surface area is 222 Å². The minimum atomic E-state index is -1.35. The highest BCUT2D eigenvalue weighted by atomic mass is 32.1. The van der Waals surface area contributed by atoms with E-state index in [2.05, 4.69) is 21.4 Å². The molecule has 2 bridgehead atoms. The Kier molecular flexibility index (Phi) is 7.22. The van der Waals surface area contributed by atoms with Gasteiger partial charge in [-0.2, -0.15) is 4.37 Å². The fraction of sp³-hybridized carbons (Fsp3) is 0.679. The van der Waals surface area contributed by atoms with Crippen molar-refractivity contribution in [2.45, 2.75) is 57.8 Å². The van der Waals surface area contributed by atoms with Gasteiger partial charge >= 0.3 is 0 Å². The molecular formula is C28H38N4O4S. The van der Waals surface area contributed by atoms with Crippen LogP contribution >= 0.6 is 11.5 Å². The van der Waals surface area contributed by atoms with Crippen molar-refractivity contribution in [1.82, 2.24) is 14.2 Å². The number of amides is 2. The van der Waals surface area contributed by atoms with Crippen LogP contribution in [0.3, 0.4) is 0 Å². The molecule has 4 atom stereocenters. The third-order valence-corrected chi connectivity index (χ3v) is 10.3. The van der Waals surface area contributed by atoms with Gasteiger partial charge in [0.1, 0.15) is 5.82 Å². The van der Waals surface area contributed by atoms with Crippen LogP contribution in [0.5, 0.6) is 0 Å². The predicted octanol–water partition coefficient (Wildman–Crippen LogP) is 3.28. The number of aliphatic hydroxyl groups is 2. The number of imide groups is 1. The zero-order valence-electron chi connectivity index (χ0n) is 21.4. The first-order chi connectivity index (χ1) is 18.0. The molecule has 1 aromatic heterocycles. The summed E-state index contributed by atoms with van der Waals surface area (Å²) in [6.45, 7) is 3.55. The van der Waals surface area contributed by atoms with Crippen LogP contribution in [0.15, 0.2) is 24.3 Å². The van der Waals surface area contributed by atoms with Crippen molar-refractivity contribution in [3.05, 3.63) is 24.3 Å². The van der Waals surface area contributed by atoms with Crippen molar-refractivity contribution >= 4 is 39.3 Å². The monoisotopic (exact) mass is 526 g/mol. The molecule has 0 radical (unpaired) electrons. The number of nitrogens with zero attached hydrogens (tertiary/aromatic N) is 4. The number of aromatic nitrogens is 1. The number of aliphatic hydroxyl groups excluding tert-OH is 1. The maximum Gasteiger partial charge on any atom is 0.233 e. The van der Waals surface area contributed by atoms with Gasteiger partial charge < -0.3 is 15.1 Å². The molecule has 7 rings (SSSR count). The molecule has 3 unspecified atom stereocenters. The van der Waals surface area contributed by atoms with Gasteiger partial charge in [-0.1, -0.05) is 31.4 Å². The van der Waals surface area contributed by atoms with Crippen LogP contribution in [0.1, 0.15) is 51.4 Å². The van der Waals surface area contributed by atoms with Crippen molar-refractivity contribution in [3.8, 4) is 0 Å². The molecule has 0 spiro atoms. The highest BCUT2D eigenvalue weighted by Gasteiger charge is 2.60. The summed E-state index contributed by atoms with van der Waals surface area (Å²) in [6, 6.07) is 8.20. The SMILES string of the molecule is O=C1C2C3CC[C@H](C3)C2C(=O)N1CC1CCCCC1.OC(O)N1CCN(c2nsc3ccccc23)CC1. The Balaban J connectivity index is 0.000000136. The van der Waals surface area contributed by atoms with Crippen LogP contribution in [0.2, 0.25) is 0 Å². The summed E-state index contributed by atoms with van der Waals surface area (Å²) in [4.78, 5) is 30.6. The minimum absolute atomic E-state index is 0.0786. The fourth-order valence-electron chi connectivity index (χ4n) is 7.54. The summed E-state index contributed by atoms with van der Waals surface area (Å²) >= 11 is 1.51.